The maximum Gasteiger partial charge on any atom is 0.240 e. The van der Waals surface area contributed by atoms with E-state index >= 15 is 0 Å². The van der Waals surface area contributed by atoms with Crippen LogP contribution < -0.4 is 14.9 Å². The van der Waals surface area contributed by atoms with Gasteiger partial charge < -0.3 is 10.2 Å². The summed E-state index contributed by atoms with van der Waals surface area (Å²) in [5.74, 6) is 1.04. The molecule has 1 atom stereocenters. The van der Waals surface area contributed by atoms with E-state index in [1.807, 2.05) is 6.07 Å². The molecule has 1 fully saturated rings. The Balaban J connectivity index is 1.74. The van der Waals surface area contributed by atoms with E-state index in [4.69, 9.17) is 0 Å². The van der Waals surface area contributed by atoms with Crippen molar-refractivity contribution >= 4 is 21.6 Å². The summed E-state index contributed by atoms with van der Waals surface area (Å²) in [6, 6.07) is 5.11. The zero-order valence-corrected chi connectivity index (χ0v) is 16.4. The fourth-order valence-electron chi connectivity index (χ4n) is 4.02. The van der Waals surface area contributed by atoms with Crippen molar-refractivity contribution in [1.29, 1.82) is 0 Å². The van der Waals surface area contributed by atoms with Crippen LogP contribution in [-0.4, -0.2) is 40.5 Å². The molecule has 1 aromatic rings. The van der Waals surface area contributed by atoms with Crippen molar-refractivity contribution < 1.29 is 13.2 Å². The molecule has 1 saturated heterocycles. The molecule has 1 amide bonds. The van der Waals surface area contributed by atoms with Gasteiger partial charge in [0.15, 0.2) is 0 Å². The zero-order chi connectivity index (χ0) is 18.7. The molecule has 0 saturated carbocycles. The standard InChI is InChI=1S/C19H29N3O3S/c1-3-21-26(24,25)17-5-4-16-8-11-22(18(16)13-17)19(23)12-14(2)15-6-9-20-10-7-15/h4-5,13-15,20-21H,3,6-12H2,1-2H3. The van der Waals surface area contributed by atoms with Gasteiger partial charge in [-0.05, 0) is 61.9 Å². The average molecular weight is 380 g/mol. The van der Waals surface area contributed by atoms with E-state index in [2.05, 4.69) is 17.0 Å². The summed E-state index contributed by atoms with van der Waals surface area (Å²) in [6.45, 7) is 6.95. The predicted molar refractivity (Wildman–Crippen MR) is 103 cm³/mol. The van der Waals surface area contributed by atoms with Crippen molar-refractivity contribution in [2.45, 2.75) is 44.4 Å². The molecule has 0 bridgehead atoms. The number of anilines is 1. The number of carbonyl (C=O) groups excluding carboxylic acids is 1. The number of nitrogens with zero attached hydrogens (tertiary/aromatic N) is 1. The van der Waals surface area contributed by atoms with Crippen molar-refractivity contribution in [3.63, 3.8) is 0 Å². The Morgan fingerprint density at radius 3 is 2.77 bits per heavy atom. The number of amides is 1. The highest BCUT2D eigenvalue weighted by Crippen LogP contribution is 2.33. The van der Waals surface area contributed by atoms with Crippen LogP contribution in [0.1, 0.15) is 38.7 Å². The van der Waals surface area contributed by atoms with Gasteiger partial charge in [0.1, 0.15) is 0 Å². The smallest absolute Gasteiger partial charge is 0.240 e. The summed E-state index contributed by atoms with van der Waals surface area (Å²) < 4.78 is 27.1. The van der Waals surface area contributed by atoms with Gasteiger partial charge in [0.05, 0.1) is 4.90 Å². The van der Waals surface area contributed by atoms with Crippen LogP contribution in [-0.2, 0) is 21.2 Å². The fourth-order valence-corrected chi connectivity index (χ4v) is 5.08. The van der Waals surface area contributed by atoms with Crippen LogP contribution in [0.4, 0.5) is 5.69 Å². The molecule has 0 spiro atoms. The third-order valence-electron chi connectivity index (χ3n) is 5.58. The third kappa shape index (κ3) is 4.10. The van der Waals surface area contributed by atoms with Gasteiger partial charge in [-0.1, -0.05) is 19.9 Å². The molecule has 1 unspecified atom stereocenters. The molecule has 2 aliphatic heterocycles. The molecule has 3 rings (SSSR count). The van der Waals surface area contributed by atoms with Gasteiger partial charge >= 0.3 is 0 Å². The first-order valence-electron chi connectivity index (χ1n) is 9.56. The second kappa shape index (κ2) is 8.06. The molecule has 26 heavy (non-hydrogen) atoms. The van der Waals surface area contributed by atoms with Crippen molar-refractivity contribution in [1.82, 2.24) is 10.0 Å². The molecule has 2 aliphatic rings. The Morgan fingerprint density at radius 2 is 2.08 bits per heavy atom. The van der Waals surface area contributed by atoms with Crippen molar-refractivity contribution in [3.8, 4) is 0 Å². The minimum Gasteiger partial charge on any atom is -0.317 e. The van der Waals surface area contributed by atoms with E-state index < -0.39 is 10.0 Å². The molecule has 2 N–H and O–H groups in total. The first-order valence-corrected chi connectivity index (χ1v) is 11.0. The third-order valence-corrected chi connectivity index (χ3v) is 7.13. The Bertz CT molecular complexity index is 757. The summed E-state index contributed by atoms with van der Waals surface area (Å²) in [7, 11) is -3.52. The quantitative estimate of drug-likeness (QED) is 0.791. The summed E-state index contributed by atoms with van der Waals surface area (Å²) in [6.07, 6.45) is 3.55. The highest BCUT2D eigenvalue weighted by atomic mass is 32.2. The van der Waals surface area contributed by atoms with Gasteiger partial charge in [-0.3, -0.25) is 4.79 Å². The second-order valence-electron chi connectivity index (χ2n) is 7.36. The second-order valence-corrected chi connectivity index (χ2v) is 9.12. The van der Waals surface area contributed by atoms with Crippen LogP contribution in [0.5, 0.6) is 0 Å². The van der Waals surface area contributed by atoms with Crippen LogP contribution in [0, 0.1) is 11.8 Å². The molecular formula is C19H29N3O3S. The summed E-state index contributed by atoms with van der Waals surface area (Å²) in [5.41, 5.74) is 1.80. The van der Waals surface area contributed by atoms with Crippen molar-refractivity contribution in [2.75, 3.05) is 31.1 Å². The van der Waals surface area contributed by atoms with Crippen LogP contribution in [0.25, 0.3) is 0 Å². The topological polar surface area (TPSA) is 78.5 Å². The molecule has 144 valence electrons. The monoisotopic (exact) mass is 379 g/mol. The van der Waals surface area contributed by atoms with Gasteiger partial charge in [-0.15, -0.1) is 0 Å². The van der Waals surface area contributed by atoms with Gasteiger partial charge in [0.25, 0.3) is 0 Å². The van der Waals surface area contributed by atoms with Gasteiger partial charge in [-0.2, -0.15) is 0 Å². The molecule has 0 radical (unpaired) electrons. The largest absolute Gasteiger partial charge is 0.317 e. The lowest BCUT2D eigenvalue weighted by Gasteiger charge is -2.29. The maximum atomic E-state index is 12.9. The first kappa shape index (κ1) is 19.3. The molecule has 6 nitrogen and oxygen atoms in total. The number of benzene rings is 1. The maximum absolute atomic E-state index is 12.9. The highest BCUT2D eigenvalue weighted by Gasteiger charge is 2.29. The van der Waals surface area contributed by atoms with Crippen LogP contribution in [0.2, 0.25) is 0 Å². The Morgan fingerprint density at radius 1 is 1.35 bits per heavy atom. The Kier molecular flexibility index (Phi) is 5.99. The summed E-state index contributed by atoms with van der Waals surface area (Å²) >= 11 is 0. The summed E-state index contributed by atoms with van der Waals surface area (Å²) in [4.78, 5) is 14.9. The lowest BCUT2D eigenvalue weighted by atomic mass is 9.84. The fraction of sp³-hybridized carbons (Fsp3) is 0.632. The number of sulfonamides is 1. The number of hydrogen-bond donors (Lipinski definition) is 2. The number of nitrogens with one attached hydrogen (secondary N) is 2. The molecule has 1 aromatic carbocycles. The number of carbonyl (C=O) groups is 1. The zero-order valence-electron chi connectivity index (χ0n) is 15.6. The van der Waals surface area contributed by atoms with Crippen molar-refractivity contribution in [2.24, 2.45) is 11.8 Å². The van der Waals surface area contributed by atoms with E-state index in [1.54, 1.807) is 24.0 Å². The lowest BCUT2D eigenvalue weighted by Crippen LogP contribution is -2.35. The minimum atomic E-state index is -3.52. The van der Waals surface area contributed by atoms with Gasteiger partial charge in [-0.25, -0.2) is 13.1 Å². The Labute approximate surface area is 156 Å². The predicted octanol–water partition coefficient (Wildman–Crippen LogP) is 1.90. The van der Waals surface area contributed by atoms with E-state index in [0.717, 1.165) is 43.6 Å². The first-order chi connectivity index (χ1) is 12.4. The van der Waals surface area contributed by atoms with Crippen molar-refractivity contribution in [3.05, 3.63) is 23.8 Å². The normalized spacial score (nSPS) is 19.4. The van der Waals surface area contributed by atoms with E-state index in [-0.39, 0.29) is 10.8 Å². The van der Waals surface area contributed by atoms with Gasteiger partial charge in [0, 0.05) is 25.2 Å². The number of hydrogen-bond acceptors (Lipinski definition) is 4. The van der Waals surface area contributed by atoms with E-state index in [9.17, 15) is 13.2 Å². The molecule has 2 heterocycles. The molecular weight excluding hydrogens is 350 g/mol. The van der Waals surface area contributed by atoms with Crippen LogP contribution >= 0.6 is 0 Å². The number of rotatable bonds is 6. The lowest BCUT2D eigenvalue weighted by molar-refractivity contribution is -0.119. The minimum absolute atomic E-state index is 0.104. The van der Waals surface area contributed by atoms with Crippen LogP contribution in [0.15, 0.2) is 23.1 Å². The number of piperidine rings is 1. The van der Waals surface area contributed by atoms with Crippen LogP contribution in [0.3, 0.4) is 0 Å². The molecule has 0 aliphatic carbocycles. The van der Waals surface area contributed by atoms with E-state index in [1.165, 1.54) is 0 Å². The molecule has 0 aromatic heterocycles. The highest BCUT2D eigenvalue weighted by molar-refractivity contribution is 7.89. The molecule has 7 heteroatoms. The summed E-state index contributed by atoms with van der Waals surface area (Å²) in [5, 5.41) is 3.36. The van der Waals surface area contributed by atoms with Gasteiger partial charge in [0.2, 0.25) is 15.9 Å². The Hall–Kier alpha value is -1.44. The average Bonchev–Trinajstić information content (AvgIpc) is 3.05. The SMILES string of the molecule is CCNS(=O)(=O)c1ccc2c(c1)N(C(=O)CC(C)C1CCNCC1)CC2. The van der Waals surface area contributed by atoms with E-state index in [0.29, 0.717) is 31.3 Å². The number of fused-ring (bicyclic) bond motifs is 1.